The average molecular weight is 280 g/mol. The van der Waals surface area contributed by atoms with Gasteiger partial charge in [0.15, 0.2) is 0 Å². The Labute approximate surface area is 114 Å². The molecule has 0 fully saturated rings. The number of carboxylic acids is 1. The molecule has 0 atom stereocenters. The SMILES string of the molecule is CNC(=O)CNC(=O)c1cc(C=CC(=O)O)ccc1F. The number of hydrogen-bond acceptors (Lipinski definition) is 3. The van der Waals surface area contributed by atoms with Crippen LogP contribution >= 0.6 is 0 Å². The maximum atomic E-state index is 13.5. The van der Waals surface area contributed by atoms with Crippen LogP contribution in [0.2, 0.25) is 0 Å². The first-order valence-electron chi connectivity index (χ1n) is 5.63. The van der Waals surface area contributed by atoms with Gasteiger partial charge in [0.05, 0.1) is 12.1 Å². The van der Waals surface area contributed by atoms with Crippen LogP contribution < -0.4 is 10.6 Å². The minimum atomic E-state index is -1.15. The summed E-state index contributed by atoms with van der Waals surface area (Å²) in [5.74, 6) is -3.08. The monoisotopic (exact) mass is 280 g/mol. The fraction of sp³-hybridized carbons (Fsp3) is 0.154. The Morgan fingerprint density at radius 2 is 2.05 bits per heavy atom. The van der Waals surface area contributed by atoms with E-state index in [1.807, 2.05) is 0 Å². The smallest absolute Gasteiger partial charge is 0.328 e. The lowest BCUT2D eigenvalue weighted by Gasteiger charge is -2.06. The van der Waals surface area contributed by atoms with Crippen LogP contribution in [0, 0.1) is 5.82 Å². The van der Waals surface area contributed by atoms with E-state index >= 15 is 0 Å². The number of benzene rings is 1. The topological polar surface area (TPSA) is 95.5 Å². The molecule has 106 valence electrons. The number of carbonyl (C=O) groups excluding carboxylic acids is 2. The molecule has 0 spiro atoms. The van der Waals surface area contributed by atoms with Crippen molar-refractivity contribution in [1.82, 2.24) is 10.6 Å². The third kappa shape index (κ3) is 4.52. The maximum Gasteiger partial charge on any atom is 0.328 e. The molecule has 1 aromatic rings. The summed E-state index contributed by atoms with van der Waals surface area (Å²) >= 11 is 0. The maximum absolute atomic E-state index is 13.5. The van der Waals surface area contributed by atoms with Gasteiger partial charge in [0, 0.05) is 13.1 Å². The van der Waals surface area contributed by atoms with Crippen molar-refractivity contribution in [2.75, 3.05) is 13.6 Å². The van der Waals surface area contributed by atoms with E-state index in [4.69, 9.17) is 5.11 Å². The van der Waals surface area contributed by atoms with Gasteiger partial charge in [0.2, 0.25) is 5.91 Å². The molecule has 7 heteroatoms. The Hall–Kier alpha value is -2.70. The van der Waals surface area contributed by atoms with E-state index in [1.165, 1.54) is 25.3 Å². The standard InChI is InChI=1S/C13H13FN2O4/c1-15-11(17)7-16-13(20)9-6-8(2-4-10(9)14)3-5-12(18)19/h2-6H,7H2,1H3,(H,15,17)(H,16,20)(H,18,19). The lowest BCUT2D eigenvalue weighted by Crippen LogP contribution is -2.35. The highest BCUT2D eigenvalue weighted by atomic mass is 19.1. The first-order valence-corrected chi connectivity index (χ1v) is 5.63. The van der Waals surface area contributed by atoms with Crippen LogP contribution in [0.25, 0.3) is 6.08 Å². The van der Waals surface area contributed by atoms with Gasteiger partial charge in [-0.15, -0.1) is 0 Å². The number of halogens is 1. The minimum absolute atomic E-state index is 0.263. The Kier molecular flexibility index (Phi) is 5.40. The van der Waals surface area contributed by atoms with E-state index in [0.717, 1.165) is 12.1 Å². The second kappa shape index (κ2) is 7.03. The number of likely N-dealkylation sites (N-methyl/N-ethyl adjacent to an activating group) is 1. The van der Waals surface area contributed by atoms with Crippen molar-refractivity contribution in [3.05, 3.63) is 41.2 Å². The molecular formula is C13H13FN2O4. The molecule has 0 aliphatic rings. The van der Waals surface area contributed by atoms with Gasteiger partial charge in [0.1, 0.15) is 5.82 Å². The van der Waals surface area contributed by atoms with Gasteiger partial charge in [0.25, 0.3) is 5.91 Å². The molecular weight excluding hydrogens is 267 g/mol. The Morgan fingerprint density at radius 3 is 2.65 bits per heavy atom. The lowest BCUT2D eigenvalue weighted by molar-refractivity contribution is -0.131. The van der Waals surface area contributed by atoms with Crippen molar-refractivity contribution in [2.45, 2.75) is 0 Å². The van der Waals surface area contributed by atoms with Crippen molar-refractivity contribution in [3.63, 3.8) is 0 Å². The molecule has 0 bridgehead atoms. The highest BCUT2D eigenvalue weighted by molar-refractivity contribution is 5.97. The zero-order chi connectivity index (χ0) is 15.1. The van der Waals surface area contributed by atoms with Gasteiger partial charge in [-0.25, -0.2) is 9.18 Å². The molecule has 0 heterocycles. The van der Waals surface area contributed by atoms with E-state index in [2.05, 4.69) is 10.6 Å². The fourth-order valence-electron chi connectivity index (χ4n) is 1.33. The number of aliphatic carboxylic acids is 1. The fourth-order valence-corrected chi connectivity index (χ4v) is 1.33. The largest absolute Gasteiger partial charge is 0.478 e. The van der Waals surface area contributed by atoms with Crippen molar-refractivity contribution < 1.29 is 23.9 Å². The highest BCUT2D eigenvalue weighted by Gasteiger charge is 2.12. The van der Waals surface area contributed by atoms with E-state index < -0.39 is 23.6 Å². The summed E-state index contributed by atoms with van der Waals surface area (Å²) < 4.78 is 13.5. The Balaban J connectivity index is 2.88. The van der Waals surface area contributed by atoms with Gasteiger partial charge < -0.3 is 15.7 Å². The van der Waals surface area contributed by atoms with Gasteiger partial charge in [-0.2, -0.15) is 0 Å². The lowest BCUT2D eigenvalue weighted by atomic mass is 10.1. The Bertz CT molecular complexity index is 569. The second-order valence-corrected chi connectivity index (χ2v) is 3.77. The third-order valence-corrected chi connectivity index (χ3v) is 2.34. The molecule has 0 saturated heterocycles. The van der Waals surface area contributed by atoms with Gasteiger partial charge in [-0.1, -0.05) is 6.07 Å². The molecule has 0 radical (unpaired) electrons. The molecule has 1 rings (SSSR count). The molecule has 0 saturated carbocycles. The average Bonchev–Trinajstić information content (AvgIpc) is 2.43. The first kappa shape index (κ1) is 15.4. The van der Waals surface area contributed by atoms with Gasteiger partial charge in [-0.05, 0) is 23.8 Å². The summed E-state index contributed by atoms with van der Waals surface area (Å²) in [7, 11) is 1.41. The van der Waals surface area contributed by atoms with Crippen molar-refractivity contribution in [2.24, 2.45) is 0 Å². The zero-order valence-electron chi connectivity index (χ0n) is 10.6. The van der Waals surface area contributed by atoms with Crippen LogP contribution in [0.4, 0.5) is 4.39 Å². The molecule has 0 aromatic heterocycles. The predicted octanol–water partition coefficient (Wildman–Crippen LogP) is 0.399. The van der Waals surface area contributed by atoms with E-state index in [1.54, 1.807) is 0 Å². The number of carboxylic acid groups (broad SMARTS) is 1. The summed E-state index contributed by atoms with van der Waals surface area (Å²) in [4.78, 5) is 33.1. The normalized spacial score (nSPS) is 10.3. The van der Waals surface area contributed by atoms with Crippen LogP contribution in [0.15, 0.2) is 24.3 Å². The first-order chi connectivity index (χ1) is 9.43. The molecule has 3 N–H and O–H groups in total. The van der Waals surface area contributed by atoms with E-state index in [0.29, 0.717) is 5.56 Å². The summed E-state index contributed by atoms with van der Waals surface area (Å²) in [5.41, 5.74) is 0.0975. The summed E-state index contributed by atoms with van der Waals surface area (Å²) in [6, 6.07) is 3.59. The molecule has 0 aliphatic heterocycles. The van der Waals surface area contributed by atoms with Crippen LogP contribution in [0.5, 0.6) is 0 Å². The third-order valence-electron chi connectivity index (χ3n) is 2.34. The molecule has 20 heavy (non-hydrogen) atoms. The van der Waals surface area contributed by atoms with Gasteiger partial charge in [-0.3, -0.25) is 9.59 Å². The van der Waals surface area contributed by atoms with E-state index in [-0.39, 0.29) is 12.1 Å². The molecule has 0 unspecified atom stereocenters. The van der Waals surface area contributed by atoms with Crippen molar-refractivity contribution in [3.8, 4) is 0 Å². The number of carbonyl (C=O) groups is 3. The molecule has 6 nitrogen and oxygen atoms in total. The van der Waals surface area contributed by atoms with Crippen LogP contribution in [-0.2, 0) is 9.59 Å². The number of hydrogen-bond donors (Lipinski definition) is 3. The highest BCUT2D eigenvalue weighted by Crippen LogP contribution is 2.12. The van der Waals surface area contributed by atoms with Crippen molar-refractivity contribution >= 4 is 23.9 Å². The number of nitrogens with one attached hydrogen (secondary N) is 2. The predicted molar refractivity (Wildman–Crippen MR) is 69.5 cm³/mol. The van der Waals surface area contributed by atoms with Crippen molar-refractivity contribution in [1.29, 1.82) is 0 Å². The Morgan fingerprint density at radius 1 is 1.35 bits per heavy atom. The van der Waals surface area contributed by atoms with Crippen LogP contribution in [-0.4, -0.2) is 36.5 Å². The summed E-state index contributed by atoms with van der Waals surface area (Å²) in [6.45, 7) is -0.274. The van der Waals surface area contributed by atoms with Crippen LogP contribution in [0.3, 0.4) is 0 Å². The quantitative estimate of drug-likeness (QED) is 0.680. The summed E-state index contributed by atoms with van der Waals surface area (Å²) in [6.07, 6.45) is 2.11. The van der Waals surface area contributed by atoms with Gasteiger partial charge >= 0.3 is 5.97 Å². The minimum Gasteiger partial charge on any atom is -0.478 e. The van der Waals surface area contributed by atoms with Crippen LogP contribution in [0.1, 0.15) is 15.9 Å². The zero-order valence-corrected chi connectivity index (χ0v) is 10.6. The molecule has 0 aliphatic carbocycles. The molecule has 1 aromatic carbocycles. The second-order valence-electron chi connectivity index (χ2n) is 3.77. The molecule has 2 amide bonds. The number of rotatable bonds is 5. The summed E-state index contributed by atoms with van der Waals surface area (Å²) in [5, 5.41) is 13.1. The number of amides is 2. The van der Waals surface area contributed by atoms with E-state index in [9.17, 15) is 18.8 Å².